The van der Waals surface area contributed by atoms with E-state index in [1.54, 1.807) is 0 Å². The zero-order valence-corrected chi connectivity index (χ0v) is 59.4. The van der Waals surface area contributed by atoms with Gasteiger partial charge in [0.25, 0.3) is 0 Å². The van der Waals surface area contributed by atoms with Gasteiger partial charge in [0.2, 0.25) is 12.1 Å². The molecule has 0 saturated carbocycles. The highest BCUT2D eigenvalue weighted by Gasteiger charge is 2.62. The van der Waals surface area contributed by atoms with Crippen molar-refractivity contribution in [1.29, 1.82) is 0 Å². The van der Waals surface area contributed by atoms with Crippen LogP contribution >= 0.6 is 0 Å². The molecular weight excluding hydrogens is 1300 g/mol. The van der Waals surface area contributed by atoms with Crippen LogP contribution in [-0.4, -0.2) is 403 Å². The van der Waals surface area contributed by atoms with Crippen molar-refractivity contribution in [2.45, 2.75) is 209 Å². The lowest BCUT2D eigenvalue weighted by atomic mass is 9.94. The quantitative estimate of drug-likeness (QED) is 0.0863. The van der Waals surface area contributed by atoms with Crippen LogP contribution in [0.15, 0.2) is 0 Å². The van der Waals surface area contributed by atoms with Gasteiger partial charge >= 0.3 is 0 Å². The number of methoxy groups -OCH3 is 20. The molecule has 34 atom stereocenters. The van der Waals surface area contributed by atoms with Gasteiger partial charge in [-0.15, -0.1) is 0 Å². The van der Waals surface area contributed by atoms with Gasteiger partial charge in [0.1, 0.15) is 165 Å². The van der Waals surface area contributed by atoms with Crippen LogP contribution in [0.1, 0.15) is 0 Å². The van der Waals surface area contributed by atoms with Gasteiger partial charge in [-0.1, -0.05) is 0 Å². The maximum Gasteiger partial charge on any atom is 0.221 e. The number of rotatable bonds is 27. The van der Waals surface area contributed by atoms with E-state index in [0.29, 0.717) is 0 Å². The Labute approximate surface area is 567 Å². The van der Waals surface area contributed by atoms with Crippen LogP contribution in [0, 0.1) is 0 Å². The lowest BCUT2D eigenvalue weighted by Crippen LogP contribution is -2.69. The average Bonchev–Trinajstić information content (AvgIpc) is 0.776. The number of ether oxygens (including phenoxy) is 34. The minimum Gasteiger partial charge on any atom is -0.382 e. The Morgan fingerprint density at radius 1 is 0.206 bits per heavy atom. The Morgan fingerprint density at radius 3 is 0.557 bits per heavy atom. The standard InChI is InChI=1S/C62H108O35/c1-64-21-28-36-43(71-8)35(63)56(84-28)91-37-29(22-65-2)85-58(50(78-15)44(37)72-9)93-39-31(24-67-4)87-60(52(80-17)46(39)74-11)95-41-33(26-69-6)89-62(54(82-19)48(41)76-13)97-42-34(27-70-7)90-61(55(83-20)49(42)77-14)96-40-32(25-68-5)88-59(53(81-18)47(40)75-12)94-38-30(23-66-3)86-57(92-36)51(79-16)45(38)73-10/h28-34,36-62H,21-27H2,1-20H3/t28-,29-,30-,31-,32-,33-,34-,36-,37-,38-,39-,40-,41-,42-,43-,44+,45+,46+,47+,48+,49+,50-,51-,52-,53-,54-,55-,56-,57-,58-,59-,60-,61-,62-/m1/s1. The molecule has 21 fully saturated rings. The van der Waals surface area contributed by atoms with Gasteiger partial charge in [-0.3, -0.25) is 4.79 Å². The minimum absolute atomic E-state index is 0.0476. The van der Waals surface area contributed by atoms with Crippen LogP contribution in [0.5, 0.6) is 0 Å². The number of carbonyl (C=O) groups is 1. The third kappa shape index (κ3) is 17.7. The first-order valence-electron chi connectivity index (χ1n) is 32.2. The molecule has 21 rings (SSSR count). The number of carbonyl (C=O) groups excluding carboxylic acids is 1. The molecule has 0 aliphatic carbocycles. The van der Waals surface area contributed by atoms with Crippen LogP contribution in [0.3, 0.4) is 0 Å². The predicted molar refractivity (Wildman–Crippen MR) is 323 cm³/mol. The van der Waals surface area contributed by atoms with Crippen molar-refractivity contribution in [3.05, 3.63) is 0 Å². The van der Waals surface area contributed by atoms with Crippen LogP contribution < -0.4 is 0 Å². The van der Waals surface area contributed by atoms with Crippen molar-refractivity contribution in [3.8, 4) is 0 Å². The molecule has 0 amide bonds. The van der Waals surface area contributed by atoms with Crippen molar-refractivity contribution in [3.63, 3.8) is 0 Å². The van der Waals surface area contributed by atoms with Gasteiger partial charge in [0.15, 0.2) is 37.7 Å². The molecule has 0 aromatic heterocycles. The summed E-state index contributed by atoms with van der Waals surface area (Å²) in [6.45, 7) is -0.546. The third-order valence-corrected chi connectivity index (χ3v) is 18.9. The SMILES string of the molecule is COC[C@H]1O[C@@H]2O[C@H]3[C@H](OC)[C@@H](OC)[C@@H](O[C@H]4[C@H](OC)[C@@H](OC)[C@@H](O[C@H]5[C@H](OC)[C@@H](OC)[C@@H](O[C@H]6[C@H](OC)[C@@H](OC)[C@@H](O[C@H]7[C@H](OC)[C@@H](OC)[C@@H](O[C@H]8[C@H](OC)C(=O)[C@@H](O[C@H]1[C@H](OC)[C@H]2OC)O[C@@H]8COC)O[C@@H]7COC)O[C@@H]6COC)O[C@@H]5COC)O[C@@H]4COC)O[C@@H]3COC. The molecule has 35 nitrogen and oxygen atoms in total. The van der Waals surface area contributed by atoms with E-state index in [-0.39, 0.29) is 46.2 Å². The summed E-state index contributed by atoms with van der Waals surface area (Å²) in [4.78, 5) is 15.0. The Hall–Kier alpha value is -1.69. The molecule has 0 N–H and O–H groups in total. The van der Waals surface area contributed by atoms with Gasteiger partial charge in [0, 0.05) is 142 Å². The second-order valence-corrected chi connectivity index (χ2v) is 24.1. The first-order valence-corrected chi connectivity index (χ1v) is 32.2. The molecule has 21 heterocycles. The van der Waals surface area contributed by atoms with E-state index in [0.717, 1.165) is 0 Å². The van der Waals surface area contributed by atoms with Crippen LogP contribution in [0.2, 0.25) is 0 Å². The molecule has 21 aliphatic rings. The Bertz CT molecular complexity index is 2230. The second-order valence-electron chi connectivity index (χ2n) is 24.1. The maximum absolute atomic E-state index is 15.0. The second kappa shape index (κ2) is 39.4. The summed E-state index contributed by atoms with van der Waals surface area (Å²) in [7, 11) is 29.5. The molecule has 0 spiro atoms. The molecule has 0 radical (unpaired) electrons. The van der Waals surface area contributed by atoms with Gasteiger partial charge in [0.05, 0.1) is 46.2 Å². The number of hydrogen-bond donors (Lipinski definition) is 0. The Kier molecular flexibility index (Phi) is 32.9. The average molecular weight is 1410 g/mol. The van der Waals surface area contributed by atoms with E-state index in [1.165, 1.54) is 142 Å². The molecular formula is C62H108O35. The summed E-state index contributed by atoms with van der Waals surface area (Å²) < 4.78 is 217. The van der Waals surface area contributed by atoms with Gasteiger partial charge < -0.3 is 161 Å². The van der Waals surface area contributed by atoms with Crippen molar-refractivity contribution >= 4 is 5.78 Å². The highest BCUT2D eigenvalue weighted by Crippen LogP contribution is 2.42. The molecule has 21 saturated heterocycles. The van der Waals surface area contributed by atoms with Crippen molar-refractivity contribution in [2.75, 3.05) is 188 Å². The summed E-state index contributed by atoms with van der Waals surface area (Å²) in [6.07, 6.45) is -37.3. The highest BCUT2D eigenvalue weighted by molar-refractivity contribution is 5.87. The first kappa shape index (κ1) is 81.0. The molecule has 97 heavy (non-hydrogen) atoms. The fourth-order valence-electron chi connectivity index (χ4n) is 14.5. The molecule has 566 valence electrons. The summed E-state index contributed by atoms with van der Waals surface area (Å²) in [5.41, 5.74) is 0. The molecule has 14 bridgehead atoms. The highest BCUT2D eigenvalue weighted by atomic mass is 16.8. The molecule has 35 heteroatoms. The smallest absolute Gasteiger partial charge is 0.221 e. The summed E-state index contributed by atoms with van der Waals surface area (Å²) in [6, 6.07) is 0. The Morgan fingerprint density at radius 2 is 0.381 bits per heavy atom. The topological polar surface area (TPSA) is 331 Å². The lowest BCUT2D eigenvalue weighted by Gasteiger charge is -2.52. The zero-order chi connectivity index (χ0) is 70.2. The van der Waals surface area contributed by atoms with Gasteiger partial charge in [-0.2, -0.15) is 0 Å². The van der Waals surface area contributed by atoms with Crippen molar-refractivity contribution < 1.29 is 166 Å². The molecule has 0 aromatic rings. The van der Waals surface area contributed by atoms with Crippen LogP contribution in [0.4, 0.5) is 0 Å². The minimum atomic E-state index is -1.65. The van der Waals surface area contributed by atoms with Crippen molar-refractivity contribution in [2.24, 2.45) is 0 Å². The predicted octanol–water partition coefficient (Wildman–Crippen LogP) is -1.94. The van der Waals surface area contributed by atoms with Crippen molar-refractivity contribution in [1.82, 2.24) is 0 Å². The number of hydrogen-bond acceptors (Lipinski definition) is 35. The summed E-state index contributed by atoms with van der Waals surface area (Å²) in [5.74, 6) is -0.678. The van der Waals surface area contributed by atoms with E-state index < -0.39 is 215 Å². The van der Waals surface area contributed by atoms with Gasteiger partial charge in [-0.05, 0) is 0 Å². The first-order chi connectivity index (χ1) is 47.1. The molecule has 0 unspecified atom stereocenters. The zero-order valence-electron chi connectivity index (χ0n) is 59.4. The van der Waals surface area contributed by atoms with Gasteiger partial charge in [-0.25, -0.2) is 0 Å². The van der Waals surface area contributed by atoms with E-state index >= 15 is 4.79 Å². The summed E-state index contributed by atoms with van der Waals surface area (Å²) in [5, 5.41) is 0. The summed E-state index contributed by atoms with van der Waals surface area (Å²) >= 11 is 0. The number of ketones is 1. The maximum atomic E-state index is 15.0. The Balaban J connectivity index is 1.23. The fraction of sp³-hybridized carbons (Fsp3) is 0.984. The third-order valence-electron chi connectivity index (χ3n) is 18.9. The van der Waals surface area contributed by atoms with Crippen LogP contribution in [0.25, 0.3) is 0 Å². The largest absolute Gasteiger partial charge is 0.382 e. The molecule has 0 aromatic carbocycles. The lowest BCUT2D eigenvalue weighted by molar-refractivity contribution is -0.402. The van der Waals surface area contributed by atoms with E-state index in [9.17, 15) is 0 Å². The van der Waals surface area contributed by atoms with Crippen LogP contribution in [-0.2, 0) is 166 Å². The fourth-order valence-corrected chi connectivity index (χ4v) is 14.5. The monoisotopic (exact) mass is 1410 g/mol. The molecule has 21 aliphatic heterocycles. The van der Waals surface area contributed by atoms with E-state index in [1.807, 2.05) is 0 Å². The van der Waals surface area contributed by atoms with E-state index in [2.05, 4.69) is 0 Å². The normalized spacial score (nSPS) is 45.7. The van der Waals surface area contributed by atoms with E-state index in [4.69, 9.17) is 161 Å². The number of Topliss-reactive ketones (excluding diaryl/α,β-unsaturated/α-hetero) is 1.